The molecule has 3 rings (SSSR count). The van der Waals surface area contributed by atoms with Crippen molar-refractivity contribution in [2.75, 3.05) is 0 Å². The van der Waals surface area contributed by atoms with E-state index in [1.807, 2.05) is 36.4 Å². The molecule has 1 aliphatic rings. The molecule has 0 fully saturated rings. The number of phenolic OH excluding ortho intramolecular Hbond substituents is 2. The second kappa shape index (κ2) is 7.70. The van der Waals surface area contributed by atoms with Crippen molar-refractivity contribution in [2.24, 2.45) is 5.10 Å². The van der Waals surface area contributed by atoms with Crippen LogP contribution in [-0.4, -0.2) is 32.5 Å². The Bertz CT molecular complexity index is 857. The summed E-state index contributed by atoms with van der Waals surface area (Å²) in [4.78, 5) is 0. The van der Waals surface area contributed by atoms with Crippen LogP contribution in [0.3, 0.4) is 0 Å². The van der Waals surface area contributed by atoms with Crippen LogP contribution in [0, 0.1) is 0 Å². The quantitative estimate of drug-likeness (QED) is 0.800. The summed E-state index contributed by atoms with van der Waals surface area (Å²) in [5.74, 6) is 0.540. The van der Waals surface area contributed by atoms with Gasteiger partial charge in [0.1, 0.15) is 11.5 Å². The van der Waals surface area contributed by atoms with E-state index in [1.54, 1.807) is 24.3 Å². The first kappa shape index (κ1) is 18.8. The molecule has 0 aromatic heterocycles. The fraction of sp³-hybridized carbons (Fsp3) is 0.261. The monoisotopic (exact) mass is 362 g/mol. The van der Waals surface area contributed by atoms with Crippen molar-refractivity contribution in [1.29, 1.82) is 0 Å². The van der Waals surface area contributed by atoms with E-state index in [0.29, 0.717) is 0 Å². The highest BCUT2D eigenvalue weighted by Crippen LogP contribution is 2.27. The maximum absolute atomic E-state index is 9.42. The van der Waals surface area contributed by atoms with Crippen molar-refractivity contribution < 1.29 is 10.2 Å². The molecule has 0 aliphatic carbocycles. The Morgan fingerprint density at radius 2 is 1.37 bits per heavy atom. The molecule has 4 heteroatoms. The molecule has 1 aliphatic heterocycles. The van der Waals surface area contributed by atoms with E-state index >= 15 is 0 Å². The Kier molecular flexibility index (Phi) is 5.36. The van der Waals surface area contributed by atoms with E-state index in [2.05, 4.69) is 37.9 Å². The normalized spacial score (nSPS) is 17.8. The summed E-state index contributed by atoms with van der Waals surface area (Å²) in [7, 11) is 0. The molecule has 2 N–H and O–H groups in total. The molecule has 0 saturated carbocycles. The SMILES string of the molecule is CC(C)(C)N1N=C(/C=C/c2ccc(O)cc2)CC1/C=C/c1ccc(O)cc1. The predicted molar refractivity (Wildman–Crippen MR) is 112 cm³/mol. The van der Waals surface area contributed by atoms with Crippen LogP contribution in [0.5, 0.6) is 11.5 Å². The van der Waals surface area contributed by atoms with Crippen LogP contribution < -0.4 is 0 Å². The van der Waals surface area contributed by atoms with Gasteiger partial charge in [-0.1, -0.05) is 42.5 Å². The Hall–Kier alpha value is -3.01. The van der Waals surface area contributed by atoms with Crippen molar-refractivity contribution in [3.05, 3.63) is 71.8 Å². The number of hydrogen-bond acceptors (Lipinski definition) is 4. The predicted octanol–water partition coefficient (Wildman–Crippen LogP) is 5.05. The number of hydrogen-bond donors (Lipinski definition) is 2. The summed E-state index contributed by atoms with van der Waals surface area (Å²) < 4.78 is 0. The molecule has 4 nitrogen and oxygen atoms in total. The minimum absolute atomic E-state index is 0.0852. The Labute approximate surface area is 160 Å². The van der Waals surface area contributed by atoms with Gasteiger partial charge in [-0.05, 0) is 62.2 Å². The first-order chi connectivity index (χ1) is 12.8. The molecule has 140 valence electrons. The van der Waals surface area contributed by atoms with Gasteiger partial charge in [-0.2, -0.15) is 5.10 Å². The Morgan fingerprint density at radius 1 is 0.852 bits per heavy atom. The maximum Gasteiger partial charge on any atom is 0.115 e. The third kappa shape index (κ3) is 5.00. The summed E-state index contributed by atoms with van der Waals surface area (Å²) in [6, 6.07) is 14.5. The number of benzene rings is 2. The summed E-state index contributed by atoms with van der Waals surface area (Å²) >= 11 is 0. The number of rotatable bonds is 4. The van der Waals surface area contributed by atoms with Crippen LogP contribution in [0.1, 0.15) is 38.3 Å². The van der Waals surface area contributed by atoms with Gasteiger partial charge >= 0.3 is 0 Å². The smallest absolute Gasteiger partial charge is 0.115 e. The lowest BCUT2D eigenvalue weighted by molar-refractivity contribution is 0.127. The van der Waals surface area contributed by atoms with E-state index in [-0.39, 0.29) is 23.1 Å². The Morgan fingerprint density at radius 3 is 1.89 bits per heavy atom. The zero-order valence-corrected chi connectivity index (χ0v) is 16.0. The van der Waals surface area contributed by atoms with Crippen molar-refractivity contribution in [1.82, 2.24) is 5.01 Å². The molecular formula is C23H26N2O2. The van der Waals surface area contributed by atoms with Crippen molar-refractivity contribution in [3.63, 3.8) is 0 Å². The molecule has 0 bridgehead atoms. The zero-order chi connectivity index (χ0) is 19.4. The van der Waals surface area contributed by atoms with Gasteiger partial charge in [0.15, 0.2) is 0 Å². The van der Waals surface area contributed by atoms with Gasteiger partial charge in [0, 0.05) is 6.42 Å². The molecule has 27 heavy (non-hydrogen) atoms. The van der Waals surface area contributed by atoms with Crippen LogP contribution >= 0.6 is 0 Å². The molecule has 0 spiro atoms. The molecule has 0 saturated heterocycles. The number of nitrogens with zero attached hydrogens (tertiary/aromatic N) is 2. The molecular weight excluding hydrogens is 336 g/mol. The van der Waals surface area contributed by atoms with Crippen LogP contribution in [0.4, 0.5) is 0 Å². The number of hydrazone groups is 1. The number of phenols is 2. The van der Waals surface area contributed by atoms with E-state index in [4.69, 9.17) is 5.10 Å². The Balaban J connectivity index is 1.75. The fourth-order valence-electron chi connectivity index (χ4n) is 3.04. The summed E-state index contributed by atoms with van der Waals surface area (Å²) in [6.07, 6.45) is 9.14. The minimum atomic E-state index is -0.0852. The minimum Gasteiger partial charge on any atom is -0.508 e. The van der Waals surface area contributed by atoms with Crippen molar-refractivity contribution in [3.8, 4) is 11.5 Å². The topological polar surface area (TPSA) is 56.1 Å². The highest BCUT2D eigenvalue weighted by atomic mass is 16.3. The largest absolute Gasteiger partial charge is 0.508 e. The highest BCUT2D eigenvalue weighted by Gasteiger charge is 2.31. The zero-order valence-electron chi connectivity index (χ0n) is 16.0. The molecule has 2 aromatic rings. The van der Waals surface area contributed by atoms with E-state index in [9.17, 15) is 10.2 Å². The van der Waals surface area contributed by atoms with Gasteiger partial charge in [0.2, 0.25) is 0 Å². The van der Waals surface area contributed by atoms with Crippen LogP contribution in [0.2, 0.25) is 0 Å². The van der Waals surface area contributed by atoms with Crippen molar-refractivity contribution >= 4 is 17.9 Å². The lowest BCUT2D eigenvalue weighted by Gasteiger charge is -2.34. The molecule has 0 radical (unpaired) electrons. The van der Waals surface area contributed by atoms with Gasteiger partial charge in [0.25, 0.3) is 0 Å². The van der Waals surface area contributed by atoms with Crippen LogP contribution in [0.15, 0.2) is 65.8 Å². The molecule has 1 unspecified atom stereocenters. The third-order valence-corrected chi connectivity index (χ3v) is 4.42. The number of aromatic hydroxyl groups is 2. The molecule has 0 amide bonds. The lowest BCUT2D eigenvalue weighted by atomic mass is 10.0. The second-order valence-electron chi connectivity index (χ2n) is 7.75. The average molecular weight is 362 g/mol. The summed E-state index contributed by atoms with van der Waals surface area (Å²) in [5, 5.41) is 25.8. The van der Waals surface area contributed by atoms with Crippen LogP contribution in [-0.2, 0) is 0 Å². The van der Waals surface area contributed by atoms with Gasteiger partial charge < -0.3 is 10.2 Å². The second-order valence-corrected chi connectivity index (χ2v) is 7.75. The average Bonchev–Trinajstić information content (AvgIpc) is 3.04. The van der Waals surface area contributed by atoms with Gasteiger partial charge in [-0.25, -0.2) is 0 Å². The standard InChI is InChI=1S/C23H26N2O2/c1-23(2,3)25-20(11-5-18-8-14-22(27)15-9-18)16-19(24-25)10-4-17-6-12-21(26)13-7-17/h4-15,20,26-27H,16H2,1-3H3/b10-4+,11-5+. The maximum atomic E-state index is 9.42. The van der Waals surface area contributed by atoms with Gasteiger partial charge in [-0.15, -0.1) is 0 Å². The van der Waals surface area contributed by atoms with Gasteiger partial charge in [-0.3, -0.25) is 5.01 Å². The van der Waals surface area contributed by atoms with Crippen LogP contribution in [0.25, 0.3) is 12.2 Å². The van der Waals surface area contributed by atoms with Gasteiger partial charge in [0.05, 0.1) is 17.3 Å². The first-order valence-corrected chi connectivity index (χ1v) is 9.12. The van der Waals surface area contributed by atoms with E-state index in [1.165, 1.54) is 0 Å². The lowest BCUT2D eigenvalue weighted by Crippen LogP contribution is -2.40. The summed E-state index contributed by atoms with van der Waals surface area (Å²) in [6.45, 7) is 6.47. The van der Waals surface area contributed by atoms with E-state index in [0.717, 1.165) is 23.3 Å². The molecule has 2 aromatic carbocycles. The molecule has 1 heterocycles. The molecule has 1 atom stereocenters. The first-order valence-electron chi connectivity index (χ1n) is 9.12. The summed E-state index contributed by atoms with van der Waals surface area (Å²) in [5.41, 5.74) is 3.02. The third-order valence-electron chi connectivity index (χ3n) is 4.42. The number of allylic oxidation sites excluding steroid dienone is 1. The highest BCUT2D eigenvalue weighted by molar-refractivity contribution is 5.99. The van der Waals surface area contributed by atoms with E-state index < -0.39 is 0 Å². The fourth-order valence-corrected chi connectivity index (χ4v) is 3.04. The van der Waals surface area contributed by atoms with Crippen molar-refractivity contribution in [2.45, 2.75) is 38.8 Å².